The highest BCUT2D eigenvalue weighted by molar-refractivity contribution is 6.32. The highest BCUT2D eigenvalue weighted by Crippen LogP contribution is 2.19. The molecule has 7 nitrogen and oxygen atoms in total. The van der Waals surface area contributed by atoms with E-state index in [9.17, 15) is 9.59 Å². The molecule has 1 aliphatic heterocycles. The van der Waals surface area contributed by atoms with Gasteiger partial charge in [0, 0.05) is 24.5 Å². The predicted octanol–water partition coefficient (Wildman–Crippen LogP) is 3.35. The van der Waals surface area contributed by atoms with Gasteiger partial charge in [-0.3, -0.25) is 9.69 Å². The Balaban J connectivity index is 1.50. The van der Waals surface area contributed by atoms with Gasteiger partial charge in [0.2, 0.25) is 5.91 Å². The van der Waals surface area contributed by atoms with Gasteiger partial charge in [0.05, 0.1) is 12.2 Å². The first-order valence-corrected chi connectivity index (χ1v) is 9.74. The van der Waals surface area contributed by atoms with Gasteiger partial charge in [-0.05, 0) is 43.7 Å². The van der Waals surface area contributed by atoms with Crippen LogP contribution in [0.1, 0.15) is 19.3 Å². The maximum Gasteiger partial charge on any atom is 0.319 e. The van der Waals surface area contributed by atoms with Crippen LogP contribution < -0.4 is 16.0 Å². The summed E-state index contributed by atoms with van der Waals surface area (Å²) < 4.78 is 0. The van der Waals surface area contributed by atoms with Crippen LogP contribution in [0, 0.1) is 0 Å². The quantitative estimate of drug-likeness (QED) is 0.648. The number of nitrogens with one attached hydrogen (secondary N) is 3. The first-order valence-electron chi connectivity index (χ1n) is 9.36. The van der Waals surface area contributed by atoms with Crippen molar-refractivity contribution in [1.82, 2.24) is 15.2 Å². The summed E-state index contributed by atoms with van der Waals surface area (Å²) in [7, 11) is 0. The van der Waals surface area contributed by atoms with E-state index in [4.69, 9.17) is 11.6 Å². The fourth-order valence-corrected chi connectivity index (χ4v) is 3.43. The van der Waals surface area contributed by atoms with Crippen molar-refractivity contribution in [3.8, 4) is 0 Å². The van der Waals surface area contributed by atoms with Gasteiger partial charge < -0.3 is 16.0 Å². The predicted molar refractivity (Wildman–Crippen MR) is 111 cm³/mol. The molecule has 0 spiro atoms. The van der Waals surface area contributed by atoms with E-state index in [0.717, 1.165) is 31.5 Å². The van der Waals surface area contributed by atoms with E-state index in [1.165, 1.54) is 0 Å². The van der Waals surface area contributed by atoms with Gasteiger partial charge in [-0.25, -0.2) is 9.78 Å². The number of pyridine rings is 1. The van der Waals surface area contributed by atoms with E-state index in [2.05, 4.69) is 25.8 Å². The van der Waals surface area contributed by atoms with Crippen LogP contribution >= 0.6 is 11.6 Å². The molecule has 3 rings (SSSR count). The number of hydrogen-bond donors (Lipinski definition) is 3. The molecule has 2 heterocycles. The average molecular weight is 402 g/mol. The molecule has 1 fully saturated rings. The lowest BCUT2D eigenvalue weighted by atomic mass is 10.0. The van der Waals surface area contributed by atoms with Crippen LogP contribution in [0.4, 0.5) is 16.2 Å². The number of para-hydroxylation sites is 1. The van der Waals surface area contributed by atoms with Gasteiger partial charge in [0.25, 0.3) is 0 Å². The summed E-state index contributed by atoms with van der Waals surface area (Å²) in [6.07, 6.45) is 4.63. The molecular weight excluding hydrogens is 378 g/mol. The van der Waals surface area contributed by atoms with Gasteiger partial charge in [-0.2, -0.15) is 0 Å². The number of nitrogens with zero attached hydrogens (tertiary/aromatic N) is 2. The lowest BCUT2D eigenvalue weighted by Crippen LogP contribution is -2.49. The van der Waals surface area contributed by atoms with Crippen molar-refractivity contribution in [3.63, 3.8) is 0 Å². The Morgan fingerprint density at radius 2 is 1.93 bits per heavy atom. The molecule has 1 atom stereocenters. The molecule has 0 radical (unpaired) electrons. The zero-order valence-electron chi connectivity index (χ0n) is 15.5. The van der Waals surface area contributed by atoms with E-state index in [1.54, 1.807) is 18.3 Å². The maximum atomic E-state index is 12.4. The SMILES string of the molecule is O=C(CN1CCCCC1CNC(=O)Nc1ccccc1)Nc1cccnc1Cl. The largest absolute Gasteiger partial charge is 0.336 e. The number of anilines is 2. The third kappa shape index (κ3) is 5.94. The topological polar surface area (TPSA) is 86.4 Å². The summed E-state index contributed by atoms with van der Waals surface area (Å²) >= 11 is 6.00. The number of carbonyl (C=O) groups is 2. The van der Waals surface area contributed by atoms with Crippen LogP contribution in [0.2, 0.25) is 5.15 Å². The van der Waals surface area contributed by atoms with Gasteiger partial charge in [-0.1, -0.05) is 36.2 Å². The third-order valence-electron chi connectivity index (χ3n) is 4.66. The second kappa shape index (κ2) is 10.1. The number of aromatic nitrogens is 1. The number of halogens is 1. The minimum absolute atomic E-state index is 0.116. The zero-order chi connectivity index (χ0) is 19.8. The molecule has 0 bridgehead atoms. The van der Waals surface area contributed by atoms with E-state index in [1.807, 2.05) is 30.3 Å². The molecule has 148 valence electrons. The zero-order valence-corrected chi connectivity index (χ0v) is 16.3. The molecule has 8 heteroatoms. The normalized spacial score (nSPS) is 17.0. The van der Waals surface area contributed by atoms with E-state index in [0.29, 0.717) is 12.2 Å². The maximum absolute atomic E-state index is 12.4. The molecule has 2 aromatic rings. The summed E-state index contributed by atoms with van der Waals surface area (Å²) in [5.41, 5.74) is 1.25. The van der Waals surface area contributed by atoms with Crippen molar-refractivity contribution in [3.05, 3.63) is 53.8 Å². The van der Waals surface area contributed by atoms with Gasteiger partial charge in [0.15, 0.2) is 5.15 Å². The second-order valence-electron chi connectivity index (χ2n) is 6.71. The molecule has 1 aromatic heterocycles. The summed E-state index contributed by atoms with van der Waals surface area (Å²) in [5, 5.41) is 8.78. The van der Waals surface area contributed by atoms with E-state index < -0.39 is 0 Å². The van der Waals surface area contributed by atoms with Crippen LogP contribution in [0.15, 0.2) is 48.7 Å². The van der Waals surface area contributed by atoms with Crippen LogP contribution in [0.3, 0.4) is 0 Å². The molecule has 0 aliphatic carbocycles. The van der Waals surface area contributed by atoms with Gasteiger partial charge in [-0.15, -0.1) is 0 Å². The van der Waals surface area contributed by atoms with Crippen LogP contribution in [0.5, 0.6) is 0 Å². The lowest BCUT2D eigenvalue weighted by Gasteiger charge is -2.35. The van der Waals surface area contributed by atoms with Crippen molar-refractivity contribution >= 4 is 34.9 Å². The Hall–Kier alpha value is -2.64. The molecule has 1 saturated heterocycles. The van der Waals surface area contributed by atoms with Crippen LogP contribution in [-0.2, 0) is 4.79 Å². The van der Waals surface area contributed by atoms with Gasteiger partial charge in [0.1, 0.15) is 0 Å². The van der Waals surface area contributed by atoms with Crippen molar-refractivity contribution in [1.29, 1.82) is 0 Å². The smallest absolute Gasteiger partial charge is 0.319 e. The number of rotatable bonds is 6. The number of urea groups is 1. The molecule has 3 N–H and O–H groups in total. The van der Waals surface area contributed by atoms with Crippen LogP contribution in [-0.4, -0.2) is 47.5 Å². The summed E-state index contributed by atoms with van der Waals surface area (Å²) in [4.78, 5) is 30.6. The first-order chi connectivity index (χ1) is 13.6. The summed E-state index contributed by atoms with van der Waals surface area (Å²) in [5.74, 6) is -0.143. The van der Waals surface area contributed by atoms with Crippen LogP contribution in [0.25, 0.3) is 0 Å². The third-order valence-corrected chi connectivity index (χ3v) is 4.96. The molecule has 1 aliphatic rings. The minimum Gasteiger partial charge on any atom is -0.336 e. The molecular formula is C20H24ClN5O2. The van der Waals surface area contributed by atoms with Crippen molar-refractivity contribution in [2.45, 2.75) is 25.3 Å². The molecule has 28 heavy (non-hydrogen) atoms. The minimum atomic E-state index is -0.247. The first kappa shape index (κ1) is 20.1. The lowest BCUT2D eigenvalue weighted by molar-refractivity contribution is -0.118. The van der Waals surface area contributed by atoms with E-state index in [-0.39, 0.29) is 29.7 Å². The molecule has 0 saturated carbocycles. The Labute approximate surface area is 169 Å². The van der Waals surface area contributed by atoms with E-state index >= 15 is 0 Å². The number of piperidine rings is 1. The molecule has 1 unspecified atom stereocenters. The monoisotopic (exact) mass is 401 g/mol. The Morgan fingerprint density at radius 3 is 2.71 bits per heavy atom. The van der Waals surface area contributed by atoms with Crippen molar-refractivity contribution in [2.24, 2.45) is 0 Å². The fourth-order valence-electron chi connectivity index (χ4n) is 3.26. The summed E-state index contributed by atoms with van der Waals surface area (Å²) in [6.45, 7) is 1.55. The number of carbonyl (C=O) groups excluding carboxylic acids is 2. The molecule has 1 aromatic carbocycles. The average Bonchev–Trinajstić information content (AvgIpc) is 2.70. The fraction of sp³-hybridized carbons (Fsp3) is 0.350. The summed E-state index contributed by atoms with van der Waals surface area (Å²) in [6, 6.07) is 12.6. The number of benzene rings is 1. The number of amides is 3. The molecule has 3 amide bonds. The number of hydrogen-bond acceptors (Lipinski definition) is 4. The standard InChI is InChI=1S/C20H24ClN5O2/c21-19-17(10-6-11-22-19)25-18(27)14-26-12-5-4-9-16(26)13-23-20(28)24-15-7-2-1-3-8-15/h1-3,6-8,10-11,16H,4-5,9,12-14H2,(H,25,27)(H2,23,24,28). The Kier molecular flexibility index (Phi) is 7.22. The van der Waals surface area contributed by atoms with Gasteiger partial charge >= 0.3 is 6.03 Å². The second-order valence-corrected chi connectivity index (χ2v) is 7.07. The highest BCUT2D eigenvalue weighted by atomic mass is 35.5. The Bertz CT molecular complexity index is 802. The number of likely N-dealkylation sites (tertiary alicyclic amines) is 1. The van der Waals surface area contributed by atoms with Crippen molar-refractivity contribution in [2.75, 3.05) is 30.3 Å². The van der Waals surface area contributed by atoms with Crippen molar-refractivity contribution < 1.29 is 9.59 Å². The highest BCUT2D eigenvalue weighted by Gasteiger charge is 2.25. The Morgan fingerprint density at radius 1 is 1.11 bits per heavy atom.